The summed E-state index contributed by atoms with van der Waals surface area (Å²) in [6.07, 6.45) is -3.61. The van der Waals surface area contributed by atoms with Gasteiger partial charge in [0.25, 0.3) is 0 Å². The van der Waals surface area contributed by atoms with E-state index in [1.54, 1.807) is 4.90 Å². The first-order valence-corrected chi connectivity index (χ1v) is 11.3. The first-order chi connectivity index (χ1) is 14.6. The number of carbonyl (C=O) groups is 1. The molecule has 0 N–H and O–H groups in total. The highest BCUT2D eigenvalue weighted by Gasteiger charge is 2.34. The van der Waals surface area contributed by atoms with E-state index in [2.05, 4.69) is 0 Å². The highest BCUT2D eigenvalue weighted by atomic mass is 32.2. The fourth-order valence-electron chi connectivity index (χ4n) is 3.80. The molecule has 0 saturated carbocycles. The maximum absolute atomic E-state index is 12.9. The summed E-state index contributed by atoms with van der Waals surface area (Å²) >= 11 is 0. The van der Waals surface area contributed by atoms with Gasteiger partial charge >= 0.3 is 6.18 Å². The van der Waals surface area contributed by atoms with Gasteiger partial charge < -0.3 is 9.64 Å². The number of amides is 1. The van der Waals surface area contributed by atoms with Gasteiger partial charge in [0, 0.05) is 32.6 Å². The lowest BCUT2D eigenvalue weighted by Gasteiger charge is -2.34. The minimum absolute atomic E-state index is 0.0301. The van der Waals surface area contributed by atoms with Gasteiger partial charge in [0.15, 0.2) is 0 Å². The molecule has 1 saturated heterocycles. The van der Waals surface area contributed by atoms with Crippen molar-refractivity contribution in [2.45, 2.75) is 23.9 Å². The lowest BCUT2D eigenvalue weighted by atomic mass is 10.1. The van der Waals surface area contributed by atoms with Gasteiger partial charge in [-0.3, -0.25) is 4.79 Å². The summed E-state index contributed by atoms with van der Waals surface area (Å²) in [5.74, 6) is 0.722. The Hall–Kier alpha value is -2.59. The molecule has 6 nitrogen and oxygen atoms in total. The third-order valence-electron chi connectivity index (χ3n) is 5.50. The third-order valence-corrected chi connectivity index (χ3v) is 7.39. The molecule has 0 unspecified atom stereocenters. The highest BCUT2D eigenvalue weighted by Crippen LogP contribution is 2.31. The maximum Gasteiger partial charge on any atom is 0.416 e. The number of alkyl halides is 3. The van der Waals surface area contributed by atoms with Crippen LogP contribution in [0, 0.1) is 0 Å². The highest BCUT2D eigenvalue weighted by molar-refractivity contribution is 7.89. The quantitative estimate of drug-likeness (QED) is 0.713. The number of fused-ring (bicyclic) bond motifs is 1. The second-order valence-electron chi connectivity index (χ2n) is 7.53. The Labute approximate surface area is 178 Å². The van der Waals surface area contributed by atoms with Crippen LogP contribution < -0.4 is 4.74 Å². The van der Waals surface area contributed by atoms with E-state index < -0.39 is 26.7 Å². The maximum atomic E-state index is 12.9. The van der Waals surface area contributed by atoms with Crippen LogP contribution in [0.2, 0.25) is 0 Å². The van der Waals surface area contributed by atoms with E-state index in [0.717, 1.165) is 45.8 Å². The standard InChI is InChI=1S/C21H21F3N2O4S/c22-21(23,24)17-2-1-3-18(14-17)31(28,29)26-9-7-25(8-10-26)20(27)13-15-4-5-19-16(12-15)6-11-30-19/h1-5,12,14H,6-11,13H2. The minimum Gasteiger partial charge on any atom is -0.493 e. The van der Waals surface area contributed by atoms with Crippen LogP contribution in [0.4, 0.5) is 13.2 Å². The summed E-state index contributed by atoms with van der Waals surface area (Å²) in [5.41, 5.74) is 0.928. The molecule has 1 fully saturated rings. The Morgan fingerprint density at radius 1 is 1.03 bits per heavy atom. The zero-order valence-corrected chi connectivity index (χ0v) is 17.4. The molecule has 4 rings (SSSR count). The number of halogens is 3. The molecule has 0 atom stereocenters. The molecule has 2 aromatic carbocycles. The van der Waals surface area contributed by atoms with E-state index in [-0.39, 0.29) is 38.5 Å². The average molecular weight is 454 g/mol. The predicted molar refractivity (Wildman–Crippen MR) is 106 cm³/mol. The molecular weight excluding hydrogens is 433 g/mol. The van der Waals surface area contributed by atoms with Crippen molar-refractivity contribution < 1.29 is 31.1 Å². The van der Waals surface area contributed by atoms with Crippen LogP contribution in [0.5, 0.6) is 5.75 Å². The van der Waals surface area contributed by atoms with Gasteiger partial charge in [0.05, 0.1) is 23.5 Å². The topological polar surface area (TPSA) is 66.9 Å². The van der Waals surface area contributed by atoms with Crippen molar-refractivity contribution in [3.8, 4) is 5.75 Å². The number of rotatable bonds is 4. The fourth-order valence-corrected chi connectivity index (χ4v) is 5.26. The monoisotopic (exact) mass is 454 g/mol. The Morgan fingerprint density at radius 2 is 1.77 bits per heavy atom. The Bertz CT molecular complexity index is 1090. The van der Waals surface area contributed by atoms with Crippen LogP contribution in [0.15, 0.2) is 47.4 Å². The molecule has 0 aliphatic carbocycles. The number of hydrogen-bond donors (Lipinski definition) is 0. The first kappa shape index (κ1) is 21.6. The van der Waals surface area contributed by atoms with Crippen LogP contribution in [-0.2, 0) is 33.8 Å². The Morgan fingerprint density at radius 3 is 2.48 bits per heavy atom. The molecule has 2 aromatic rings. The van der Waals surface area contributed by atoms with Crippen molar-refractivity contribution in [2.75, 3.05) is 32.8 Å². The third kappa shape index (κ3) is 4.54. The second kappa shape index (κ2) is 8.16. The van der Waals surface area contributed by atoms with Crippen molar-refractivity contribution in [3.63, 3.8) is 0 Å². The molecule has 2 heterocycles. The molecule has 0 aromatic heterocycles. The lowest BCUT2D eigenvalue weighted by molar-refractivity contribution is -0.137. The summed E-state index contributed by atoms with van der Waals surface area (Å²) in [5, 5.41) is 0. The number of hydrogen-bond acceptors (Lipinski definition) is 4. The minimum atomic E-state index is -4.62. The van der Waals surface area contributed by atoms with Crippen LogP contribution in [-0.4, -0.2) is 56.3 Å². The van der Waals surface area contributed by atoms with Crippen LogP contribution in [0.1, 0.15) is 16.7 Å². The zero-order chi connectivity index (χ0) is 22.2. The molecule has 31 heavy (non-hydrogen) atoms. The Kier molecular flexibility index (Phi) is 5.69. The molecular formula is C21H21F3N2O4S. The van der Waals surface area contributed by atoms with E-state index in [4.69, 9.17) is 4.74 Å². The van der Waals surface area contributed by atoms with Crippen molar-refractivity contribution in [3.05, 3.63) is 59.2 Å². The number of sulfonamides is 1. The van der Waals surface area contributed by atoms with Crippen molar-refractivity contribution in [1.29, 1.82) is 0 Å². The van der Waals surface area contributed by atoms with Gasteiger partial charge in [-0.15, -0.1) is 0 Å². The average Bonchev–Trinajstić information content (AvgIpc) is 3.21. The van der Waals surface area contributed by atoms with E-state index in [9.17, 15) is 26.4 Å². The number of piperazine rings is 1. The number of carbonyl (C=O) groups excluding carboxylic acids is 1. The van der Waals surface area contributed by atoms with Gasteiger partial charge in [-0.25, -0.2) is 8.42 Å². The van der Waals surface area contributed by atoms with Gasteiger partial charge in [-0.1, -0.05) is 18.2 Å². The molecule has 2 aliphatic heterocycles. The van der Waals surface area contributed by atoms with E-state index in [1.807, 2.05) is 18.2 Å². The summed E-state index contributed by atoms with van der Waals surface area (Å²) in [4.78, 5) is 13.8. The molecule has 166 valence electrons. The van der Waals surface area contributed by atoms with Crippen LogP contribution >= 0.6 is 0 Å². The number of nitrogens with zero attached hydrogens (tertiary/aromatic N) is 2. The largest absolute Gasteiger partial charge is 0.493 e. The molecule has 2 aliphatic rings. The van der Waals surface area contributed by atoms with Gasteiger partial charge in [-0.05, 0) is 35.4 Å². The normalized spacial score (nSPS) is 17.3. The van der Waals surface area contributed by atoms with E-state index in [1.165, 1.54) is 0 Å². The lowest BCUT2D eigenvalue weighted by Crippen LogP contribution is -2.50. The number of benzene rings is 2. The van der Waals surface area contributed by atoms with Gasteiger partial charge in [-0.2, -0.15) is 17.5 Å². The smallest absolute Gasteiger partial charge is 0.416 e. The van der Waals surface area contributed by atoms with Gasteiger partial charge in [0.1, 0.15) is 5.75 Å². The molecule has 0 radical (unpaired) electrons. The molecule has 10 heteroatoms. The second-order valence-corrected chi connectivity index (χ2v) is 9.47. The van der Waals surface area contributed by atoms with Gasteiger partial charge in [0.2, 0.25) is 15.9 Å². The fraction of sp³-hybridized carbons (Fsp3) is 0.381. The summed E-state index contributed by atoms with van der Waals surface area (Å²) in [6.45, 7) is 1.07. The van der Waals surface area contributed by atoms with E-state index >= 15 is 0 Å². The Balaban J connectivity index is 1.39. The zero-order valence-electron chi connectivity index (χ0n) is 16.6. The SMILES string of the molecule is O=C(Cc1ccc2c(c1)CCO2)N1CCN(S(=O)(=O)c2cccc(C(F)(F)F)c2)CC1. The molecule has 1 amide bonds. The predicted octanol–water partition coefficient (Wildman–Crippen LogP) is 2.72. The van der Waals surface area contributed by atoms with Crippen molar-refractivity contribution in [2.24, 2.45) is 0 Å². The molecule has 0 bridgehead atoms. The molecule has 0 spiro atoms. The van der Waals surface area contributed by atoms with Crippen LogP contribution in [0.3, 0.4) is 0 Å². The van der Waals surface area contributed by atoms with Crippen molar-refractivity contribution in [1.82, 2.24) is 9.21 Å². The van der Waals surface area contributed by atoms with Crippen molar-refractivity contribution >= 4 is 15.9 Å². The van der Waals surface area contributed by atoms with Crippen LogP contribution in [0.25, 0.3) is 0 Å². The van der Waals surface area contributed by atoms with E-state index in [0.29, 0.717) is 12.7 Å². The summed E-state index contributed by atoms with van der Waals surface area (Å²) in [7, 11) is -4.08. The number of ether oxygens (including phenoxy) is 1. The summed E-state index contributed by atoms with van der Waals surface area (Å²) < 4.78 is 70.9. The summed E-state index contributed by atoms with van der Waals surface area (Å²) in [6, 6.07) is 9.36. The first-order valence-electron chi connectivity index (χ1n) is 9.84.